The largest absolute Gasteiger partial charge is 0.481 e. The molecule has 1 aromatic heterocycles. The number of hydrogen-bond donors (Lipinski definition) is 1. The van der Waals surface area contributed by atoms with E-state index in [4.69, 9.17) is 11.2 Å². The van der Waals surface area contributed by atoms with E-state index in [1.165, 1.54) is 0 Å². The Kier molecular flexibility index (Phi) is 3.83. The van der Waals surface area contributed by atoms with E-state index in [0.717, 1.165) is 16.9 Å². The molecule has 0 aliphatic heterocycles. The molecule has 0 radical (unpaired) electrons. The van der Waals surface area contributed by atoms with Gasteiger partial charge in [-0.1, -0.05) is 18.1 Å². The fourth-order valence-corrected chi connectivity index (χ4v) is 1.58. The standard InChI is InChI=1S/C15H14N2O/c1-3-12-6-4-7-13(10-12)16-11-14-8-5-9-15(17-14)18-2/h1,4-10,16H,11H2,2H3. The maximum atomic E-state index is 5.36. The van der Waals surface area contributed by atoms with Crippen molar-refractivity contribution < 1.29 is 4.74 Å². The summed E-state index contributed by atoms with van der Waals surface area (Å²) in [6, 6.07) is 13.4. The summed E-state index contributed by atoms with van der Waals surface area (Å²) >= 11 is 0. The van der Waals surface area contributed by atoms with Gasteiger partial charge in [-0.3, -0.25) is 0 Å². The van der Waals surface area contributed by atoms with Crippen molar-refractivity contribution in [2.75, 3.05) is 12.4 Å². The summed E-state index contributed by atoms with van der Waals surface area (Å²) in [7, 11) is 1.61. The Morgan fingerprint density at radius 1 is 1.28 bits per heavy atom. The second kappa shape index (κ2) is 5.74. The van der Waals surface area contributed by atoms with Crippen molar-refractivity contribution in [3.8, 4) is 18.2 Å². The zero-order valence-corrected chi connectivity index (χ0v) is 10.2. The zero-order valence-electron chi connectivity index (χ0n) is 10.2. The Morgan fingerprint density at radius 2 is 2.11 bits per heavy atom. The van der Waals surface area contributed by atoms with Gasteiger partial charge in [-0.25, -0.2) is 4.98 Å². The van der Waals surface area contributed by atoms with Crippen LogP contribution in [0, 0.1) is 12.3 Å². The summed E-state index contributed by atoms with van der Waals surface area (Å²) in [4.78, 5) is 4.32. The number of nitrogens with zero attached hydrogens (tertiary/aromatic N) is 1. The second-order valence-corrected chi connectivity index (χ2v) is 3.75. The molecule has 0 bridgehead atoms. The molecule has 1 aromatic carbocycles. The molecule has 0 saturated heterocycles. The first-order chi connectivity index (χ1) is 8.81. The van der Waals surface area contributed by atoms with Gasteiger partial charge < -0.3 is 10.1 Å². The topological polar surface area (TPSA) is 34.1 Å². The van der Waals surface area contributed by atoms with Crippen LogP contribution in [-0.4, -0.2) is 12.1 Å². The number of nitrogens with one attached hydrogen (secondary N) is 1. The number of ether oxygens (including phenoxy) is 1. The highest BCUT2D eigenvalue weighted by atomic mass is 16.5. The van der Waals surface area contributed by atoms with Gasteiger partial charge in [-0.05, 0) is 24.3 Å². The van der Waals surface area contributed by atoms with E-state index in [1.54, 1.807) is 7.11 Å². The number of anilines is 1. The quantitative estimate of drug-likeness (QED) is 0.831. The summed E-state index contributed by atoms with van der Waals surface area (Å²) in [5.41, 5.74) is 2.76. The summed E-state index contributed by atoms with van der Waals surface area (Å²) in [5, 5.41) is 3.27. The fourth-order valence-electron chi connectivity index (χ4n) is 1.58. The predicted molar refractivity (Wildman–Crippen MR) is 72.5 cm³/mol. The molecule has 0 unspecified atom stereocenters. The second-order valence-electron chi connectivity index (χ2n) is 3.75. The van der Waals surface area contributed by atoms with Crippen LogP contribution in [0.3, 0.4) is 0 Å². The van der Waals surface area contributed by atoms with Gasteiger partial charge in [0.05, 0.1) is 19.3 Å². The first-order valence-corrected chi connectivity index (χ1v) is 5.62. The number of terminal acetylenes is 1. The van der Waals surface area contributed by atoms with Crippen molar-refractivity contribution in [2.45, 2.75) is 6.54 Å². The summed E-state index contributed by atoms with van der Waals surface area (Å²) in [6.45, 7) is 0.630. The van der Waals surface area contributed by atoms with E-state index in [0.29, 0.717) is 12.4 Å². The van der Waals surface area contributed by atoms with Gasteiger partial charge >= 0.3 is 0 Å². The molecule has 18 heavy (non-hydrogen) atoms. The average molecular weight is 238 g/mol. The van der Waals surface area contributed by atoms with Gasteiger partial charge in [-0.15, -0.1) is 6.42 Å². The minimum Gasteiger partial charge on any atom is -0.481 e. The molecule has 1 N–H and O–H groups in total. The summed E-state index contributed by atoms with van der Waals surface area (Å²) in [5.74, 6) is 3.23. The van der Waals surface area contributed by atoms with E-state index >= 15 is 0 Å². The van der Waals surface area contributed by atoms with Gasteiger partial charge in [0.15, 0.2) is 0 Å². The molecule has 0 atom stereocenters. The van der Waals surface area contributed by atoms with Crippen LogP contribution in [0.25, 0.3) is 0 Å². The van der Waals surface area contributed by atoms with Crippen LogP contribution in [0.2, 0.25) is 0 Å². The molecule has 2 rings (SSSR count). The molecular formula is C15H14N2O. The third-order valence-corrected chi connectivity index (χ3v) is 2.49. The third-order valence-electron chi connectivity index (χ3n) is 2.49. The van der Waals surface area contributed by atoms with Gasteiger partial charge in [0.25, 0.3) is 0 Å². The predicted octanol–water partition coefficient (Wildman–Crippen LogP) is 2.68. The van der Waals surface area contributed by atoms with Crippen LogP contribution >= 0.6 is 0 Å². The maximum Gasteiger partial charge on any atom is 0.213 e. The number of pyridine rings is 1. The molecule has 0 aliphatic rings. The van der Waals surface area contributed by atoms with Crippen LogP contribution in [0.1, 0.15) is 11.3 Å². The monoisotopic (exact) mass is 238 g/mol. The number of hydrogen-bond acceptors (Lipinski definition) is 3. The van der Waals surface area contributed by atoms with E-state index in [2.05, 4.69) is 16.2 Å². The van der Waals surface area contributed by atoms with Crippen molar-refractivity contribution in [3.63, 3.8) is 0 Å². The van der Waals surface area contributed by atoms with Crippen molar-refractivity contribution in [2.24, 2.45) is 0 Å². The molecule has 0 fully saturated rings. The molecule has 3 heteroatoms. The van der Waals surface area contributed by atoms with E-state index < -0.39 is 0 Å². The molecule has 0 aliphatic carbocycles. The number of aromatic nitrogens is 1. The summed E-state index contributed by atoms with van der Waals surface area (Å²) in [6.07, 6.45) is 5.36. The molecule has 1 heterocycles. The molecule has 0 amide bonds. The maximum absolute atomic E-state index is 5.36. The molecule has 2 aromatic rings. The van der Waals surface area contributed by atoms with Crippen molar-refractivity contribution in [1.82, 2.24) is 4.98 Å². The lowest BCUT2D eigenvalue weighted by atomic mass is 10.2. The lowest BCUT2D eigenvalue weighted by molar-refractivity contribution is 0.396. The fraction of sp³-hybridized carbons (Fsp3) is 0.133. The molecule has 90 valence electrons. The molecule has 0 spiro atoms. The highest BCUT2D eigenvalue weighted by Gasteiger charge is 1.98. The van der Waals surface area contributed by atoms with E-state index in [1.807, 2.05) is 42.5 Å². The summed E-state index contributed by atoms with van der Waals surface area (Å²) < 4.78 is 5.08. The minimum absolute atomic E-state index is 0.617. The van der Waals surface area contributed by atoms with Crippen LogP contribution in [0.5, 0.6) is 5.88 Å². The highest BCUT2D eigenvalue weighted by molar-refractivity contribution is 5.50. The zero-order chi connectivity index (χ0) is 12.8. The number of methoxy groups -OCH3 is 1. The van der Waals surface area contributed by atoms with Crippen molar-refractivity contribution in [1.29, 1.82) is 0 Å². The van der Waals surface area contributed by atoms with Crippen LogP contribution in [0.4, 0.5) is 5.69 Å². The Morgan fingerprint density at radius 3 is 2.89 bits per heavy atom. The normalized spacial score (nSPS) is 9.56. The lowest BCUT2D eigenvalue weighted by Crippen LogP contribution is -2.02. The lowest BCUT2D eigenvalue weighted by Gasteiger charge is -2.07. The van der Waals surface area contributed by atoms with E-state index in [-0.39, 0.29) is 0 Å². The number of rotatable bonds is 4. The SMILES string of the molecule is C#Cc1cccc(NCc2cccc(OC)n2)c1. The Balaban J connectivity index is 2.04. The molecule has 3 nitrogen and oxygen atoms in total. The van der Waals surface area contributed by atoms with Crippen LogP contribution < -0.4 is 10.1 Å². The van der Waals surface area contributed by atoms with Crippen LogP contribution in [0.15, 0.2) is 42.5 Å². The Labute approximate surface area is 107 Å². The van der Waals surface area contributed by atoms with Crippen LogP contribution in [-0.2, 0) is 6.54 Å². The van der Waals surface area contributed by atoms with Crippen molar-refractivity contribution >= 4 is 5.69 Å². The first-order valence-electron chi connectivity index (χ1n) is 5.62. The highest BCUT2D eigenvalue weighted by Crippen LogP contribution is 2.12. The molecule has 0 saturated carbocycles. The van der Waals surface area contributed by atoms with Gasteiger partial charge in [0.2, 0.25) is 5.88 Å². The van der Waals surface area contributed by atoms with Gasteiger partial charge in [0.1, 0.15) is 0 Å². The molecular weight excluding hydrogens is 224 g/mol. The van der Waals surface area contributed by atoms with Gasteiger partial charge in [-0.2, -0.15) is 0 Å². The third kappa shape index (κ3) is 3.02. The first kappa shape index (κ1) is 12.0. The van der Waals surface area contributed by atoms with Crippen molar-refractivity contribution in [3.05, 3.63) is 53.7 Å². The number of benzene rings is 1. The van der Waals surface area contributed by atoms with E-state index in [9.17, 15) is 0 Å². The smallest absolute Gasteiger partial charge is 0.213 e. The average Bonchev–Trinajstić information content (AvgIpc) is 2.45. The Bertz CT molecular complexity index is 573. The van der Waals surface area contributed by atoms with Gasteiger partial charge in [0, 0.05) is 17.3 Å². The minimum atomic E-state index is 0.617. The Hall–Kier alpha value is -2.47.